The van der Waals surface area contributed by atoms with Crippen LogP contribution in [0.5, 0.6) is 34.5 Å². The molecule has 0 unspecified atom stereocenters. The van der Waals surface area contributed by atoms with Gasteiger partial charge in [-0.25, -0.2) is 9.97 Å². The van der Waals surface area contributed by atoms with E-state index in [0.29, 0.717) is 35.1 Å². The van der Waals surface area contributed by atoms with Gasteiger partial charge in [0, 0.05) is 23.2 Å². The van der Waals surface area contributed by atoms with Gasteiger partial charge in [0.25, 0.3) is 0 Å². The van der Waals surface area contributed by atoms with Gasteiger partial charge in [-0.15, -0.1) is 11.6 Å². The predicted octanol–water partition coefficient (Wildman–Crippen LogP) is 8.71. The number of nitrogens with two attached hydrogens (primary N) is 3. The van der Waals surface area contributed by atoms with Gasteiger partial charge in [-0.2, -0.15) is 9.97 Å². The van der Waals surface area contributed by atoms with Crippen LogP contribution in [-0.4, -0.2) is 70.5 Å². The molecule has 19 heteroatoms. The molecular formula is C42H57ClI2N10O6. The number of benzene rings is 2. The molecule has 0 spiro atoms. The van der Waals surface area contributed by atoms with E-state index in [0.717, 1.165) is 42.6 Å². The summed E-state index contributed by atoms with van der Waals surface area (Å²) in [6, 6.07) is 8.64. The number of amides is 2. The Balaban J connectivity index is 0.000000239. The van der Waals surface area contributed by atoms with Crippen molar-refractivity contribution in [2.45, 2.75) is 103 Å². The topological polar surface area (TPSA) is 237 Å². The zero-order valence-electron chi connectivity index (χ0n) is 35.4. The Bertz CT molecular complexity index is 2080. The molecule has 0 saturated heterocycles. The van der Waals surface area contributed by atoms with Crippen LogP contribution < -0.4 is 52.1 Å². The molecule has 61 heavy (non-hydrogen) atoms. The van der Waals surface area contributed by atoms with Crippen molar-refractivity contribution in [3.8, 4) is 34.5 Å². The van der Waals surface area contributed by atoms with Crippen LogP contribution in [0, 0.1) is 7.14 Å². The highest BCUT2D eigenvalue weighted by atomic mass is 127. The van der Waals surface area contributed by atoms with Gasteiger partial charge in [-0.1, -0.05) is 53.4 Å². The lowest BCUT2D eigenvalue weighted by Gasteiger charge is -2.17. The van der Waals surface area contributed by atoms with Crippen LogP contribution in [0.3, 0.4) is 0 Å². The fraction of sp³-hybridized carbons (Fsp3) is 0.476. The molecule has 2 heterocycles. The van der Waals surface area contributed by atoms with E-state index < -0.39 is 5.91 Å². The number of aromatic nitrogens is 4. The number of halogens is 3. The second-order valence-electron chi connectivity index (χ2n) is 15.1. The first-order valence-corrected chi connectivity index (χ1v) is 22.8. The van der Waals surface area contributed by atoms with E-state index in [-0.39, 0.29) is 53.7 Å². The number of alkyl halides is 1. The molecule has 9 N–H and O–H groups in total. The number of nitrogen functional groups attached to an aromatic ring is 2. The first-order chi connectivity index (χ1) is 29.1. The maximum absolute atomic E-state index is 12.1. The Morgan fingerprint density at radius 2 is 1.13 bits per heavy atom. The maximum Gasteiger partial charge on any atom is 0.241 e. The molecule has 2 aromatic heterocycles. The van der Waals surface area contributed by atoms with Crippen molar-refractivity contribution >= 4 is 92.1 Å². The van der Waals surface area contributed by atoms with Crippen LogP contribution in [0.2, 0.25) is 0 Å². The number of nitrogens with zero attached hydrogens (tertiary/aromatic N) is 4. The third-order valence-corrected chi connectivity index (χ3v) is 11.7. The number of ether oxygens (including phenoxy) is 4. The molecule has 2 aliphatic carbocycles. The summed E-state index contributed by atoms with van der Waals surface area (Å²) in [5.41, 5.74) is 19.5. The monoisotopic (exact) mass is 1090 g/mol. The van der Waals surface area contributed by atoms with Crippen molar-refractivity contribution < 1.29 is 28.5 Å². The number of carbonyl (C=O) groups excluding carboxylic acids is 2. The summed E-state index contributed by atoms with van der Waals surface area (Å²) in [6.45, 7) is 8.49. The number of nitrogens with one attached hydrogen (secondary N) is 3. The highest BCUT2D eigenvalue weighted by molar-refractivity contribution is 14.1. The zero-order valence-corrected chi connectivity index (χ0v) is 40.5. The van der Waals surface area contributed by atoms with Gasteiger partial charge >= 0.3 is 0 Å². The van der Waals surface area contributed by atoms with Crippen LogP contribution in [-0.2, 0) is 9.59 Å². The van der Waals surface area contributed by atoms with Gasteiger partial charge in [0.05, 0.1) is 40.3 Å². The molecule has 2 aliphatic rings. The standard InChI is InChI=1S/C21H28IN5O3.C16H18ClIN4O3.C5H11N/c1-12(2)14-8-17(29-3)15(22)9-16(14)30-18-10-25-21(27-20(18)23)26-19(28)11-24-13-6-4-5-7-13;1-8(2)9-4-12(24-3)10(18)5-11(9)25-13-7-20-16(22-15(13)19)21-14(23)6-17;6-5-3-1-2-4-5/h8-10,12-13,24H,4-7,11H2,1-3H3,(H3,23,25,26,27,28);4-5,7-8H,6H2,1-3H3,(H3,19,20,21,22,23);5H,1-4,6H2. The van der Waals surface area contributed by atoms with E-state index in [4.69, 9.17) is 47.7 Å². The van der Waals surface area contributed by atoms with Gasteiger partial charge < -0.3 is 41.5 Å². The third kappa shape index (κ3) is 15.4. The predicted molar refractivity (Wildman–Crippen MR) is 257 cm³/mol. The summed E-state index contributed by atoms with van der Waals surface area (Å²) in [4.78, 5) is 39.8. The quantitative estimate of drug-likeness (QED) is 0.0512. The number of methoxy groups -OCH3 is 2. The largest absolute Gasteiger partial charge is 0.496 e. The Kier molecular flexibility index (Phi) is 20.0. The Morgan fingerprint density at radius 1 is 0.705 bits per heavy atom. The van der Waals surface area contributed by atoms with Gasteiger partial charge in [0.15, 0.2) is 23.1 Å². The summed E-state index contributed by atoms with van der Waals surface area (Å²) in [5.74, 6) is 3.65. The summed E-state index contributed by atoms with van der Waals surface area (Å²) in [5, 5.41) is 8.36. The smallest absolute Gasteiger partial charge is 0.241 e. The third-order valence-electron chi connectivity index (χ3n) is 9.75. The lowest BCUT2D eigenvalue weighted by molar-refractivity contribution is -0.115. The number of anilines is 4. The minimum Gasteiger partial charge on any atom is -0.496 e. The van der Waals surface area contributed by atoms with Crippen LogP contribution in [0.15, 0.2) is 36.7 Å². The summed E-state index contributed by atoms with van der Waals surface area (Å²) < 4.78 is 24.5. The fourth-order valence-electron chi connectivity index (χ4n) is 6.43. The molecule has 2 amide bonds. The van der Waals surface area contributed by atoms with Crippen molar-refractivity contribution in [1.29, 1.82) is 0 Å². The van der Waals surface area contributed by atoms with Crippen molar-refractivity contribution in [2.75, 3.05) is 48.7 Å². The van der Waals surface area contributed by atoms with E-state index in [2.05, 4.69) is 109 Å². The van der Waals surface area contributed by atoms with Crippen LogP contribution in [0.4, 0.5) is 23.5 Å². The van der Waals surface area contributed by atoms with Crippen molar-refractivity contribution in [3.05, 3.63) is 54.9 Å². The van der Waals surface area contributed by atoms with E-state index in [1.165, 1.54) is 50.9 Å². The summed E-state index contributed by atoms with van der Waals surface area (Å²) >= 11 is 9.80. The summed E-state index contributed by atoms with van der Waals surface area (Å²) in [6.07, 6.45) is 12.8. The molecule has 332 valence electrons. The highest BCUT2D eigenvalue weighted by Gasteiger charge is 2.19. The molecule has 2 saturated carbocycles. The average molecular weight is 1090 g/mol. The summed E-state index contributed by atoms with van der Waals surface area (Å²) in [7, 11) is 3.27. The number of hydrogen-bond donors (Lipinski definition) is 6. The molecule has 4 aromatic rings. The van der Waals surface area contributed by atoms with Crippen molar-refractivity contribution in [1.82, 2.24) is 25.3 Å². The SMILES string of the molecule is COc1cc(C(C)C)c(Oc2cnc(NC(=O)CCl)nc2N)cc1I.COc1cc(C(C)C)c(Oc2cnc(NC(=O)CNC3CCCC3)nc2N)cc1I.NC1CCCC1. The van der Waals surface area contributed by atoms with Gasteiger partial charge in [-0.3, -0.25) is 20.2 Å². The Hall–Kier alpha value is -3.99. The maximum atomic E-state index is 12.1. The molecule has 2 fully saturated rings. The van der Waals surface area contributed by atoms with Gasteiger partial charge in [0.2, 0.25) is 23.7 Å². The minimum atomic E-state index is -0.415. The Labute approximate surface area is 390 Å². The van der Waals surface area contributed by atoms with E-state index in [1.807, 2.05) is 24.3 Å². The minimum absolute atomic E-state index is 0.0731. The molecule has 2 aromatic carbocycles. The van der Waals surface area contributed by atoms with Crippen LogP contribution >= 0.6 is 56.8 Å². The number of hydrogen-bond acceptors (Lipinski definition) is 14. The first kappa shape index (κ1) is 49.7. The van der Waals surface area contributed by atoms with Gasteiger partial charge in [-0.05, 0) is 107 Å². The molecule has 16 nitrogen and oxygen atoms in total. The molecule has 0 atom stereocenters. The van der Waals surface area contributed by atoms with Gasteiger partial charge in [0.1, 0.15) is 28.9 Å². The van der Waals surface area contributed by atoms with Crippen LogP contribution in [0.1, 0.15) is 102 Å². The van der Waals surface area contributed by atoms with E-state index >= 15 is 0 Å². The molecule has 0 bridgehead atoms. The Morgan fingerprint density at radius 3 is 1.49 bits per heavy atom. The normalized spacial score (nSPS) is 13.8. The van der Waals surface area contributed by atoms with E-state index in [1.54, 1.807) is 14.2 Å². The second kappa shape index (κ2) is 24.6. The lowest BCUT2D eigenvalue weighted by Crippen LogP contribution is -2.34. The van der Waals surface area contributed by atoms with Crippen molar-refractivity contribution in [2.24, 2.45) is 5.73 Å². The number of carbonyl (C=O) groups is 2. The highest BCUT2D eigenvalue weighted by Crippen LogP contribution is 2.39. The molecule has 0 radical (unpaired) electrons. The van der Waals surface area contributed by atoms with E-state index in [9.17, 15) is 9.59 Å². The molecule has 6 rings (SSSR count). The molecule has 0 aliphatic heterocycles. The van der Waals surface area contributed by atoms with Crippen molar-refractivity contribution in [3.63, 3.8) is 0 Å². The average Bonchev–Trinajstić information content (AvgIpc) is 3.94. The number of rotatable bonds is 14. The molecular weight excluding hydrogens is 1030 g/mol. The first-order valence-electron chi connectivity index (χ1n) is 20.1. The fourth-order valence-corrected chi connectivity index (χ4v) is 7.81. The second-order valence-corrected chi connectivity index (χ2v) is 17.7. The van der Waals surface area contributed by atoms with Crippen LogP contribution in [0.25, 0.3) is 0 Å². The zero-order chi connectivity index (χ0) is 44.6. The lowest BCUT2D eigenvalue weighted by atomic mass is 10.0.